The minimum absolute atomic E-state index is 0.423. The monoisotopic (exact) mass is 285 g/mol. The molecule has 6 heteroatoms. The Hall–Kier alpha value is -2.18. The number of nitrogens with one attached hydrogen (secondary N) is 2. The Morgan fingerprint density at radius 1 is 1.20 bits per heavy atom. The summed E-state index contributed by atoms with van der Waals surface area (Å²) in [5, 5.41) is 6.38. The lowest BCUT2D eigenvalue weighted by molar-refractivity contribution is 1.08. The molecular weight excluding hydrogens is 270 g/mol. The van der Waals surface area contributed by atoms with Crippen molar-refractivity contribution in [2.45, 2.75) is 13.5 Å². The van der Waals surface area contributed by atoms with E-state index < -0.39 is 0 Å². The molecule has 4 N–H and O–H groups in total. The van der Waals surface area contributed by atoms with Crippen molar-refractivity contribution in [2.24, 2.45) is 5.84 Å². The molecule has 3 rings (SSSR count). The van der Waals surface area contributed by atoms with Gasteiger partial charge in [0.2, 0.25) is 5.95 Å². The molecule has 0 unspecified atom stereocenters. The molecule has 2 heterocycles. The SMILES string of the molecule is Cc1ccccc1CNc1nc(NN)nc2sccc12. The van der Waals surface area contributed by atoms with Crippen LogP contribution in [0.2, 0.25) is 0 Å². The summed E-state index contributed by atoms with van der Waals surface area (Å²) in [4.78, 5) is 9.62. The molecule has 20 heavy (non-hydrogen) atoms. The summed E-state index contributed by atoms with van der Waals surface area (Å²) in [6.07, 6.45) is 0. The van der Waals surface area contributed by atoms with Gasteiger partial charge in [-0.05, 0) is 29.5 Å². The number of nitrogen functional groups attached to an aromatic ring is 1. The number of aromatic nitrogens is 2. The summed E-state index contributed by atoms with van der Waals surface area (Å²) in [6.45, 7) is 2.82. The summed E-state index contributed by atoms with van der Waals surface area (Å²) >= 11 is 1.57. The number of fused-ring (bicyclic) bond motifs is 1. The highest BCUT2D eigenvalue weighted by Gasteiger charge is 2.08. The highest BCUT2D eigenvalue weighted by molar-refractivity contribution is 7.16. The van der Waals surface area contributed by atoms with E-state index in [-0.39, 0.29) is 0 Å². The Morgan fingerprint density at radius 3 is 2.85 bits per heavy atom. The van der Waals surface area contributed by atoms with Crippen molar-refractivity contribution in [3.63, 3.8) is 0 Å². The van der Waals surface area contributed by atoms with Gasteiger partial charge in [0.1, 0.15) is 10.6 Å². The summed E-state index contributed by atoms with van der Waals surface area (Å²) in [7, 11) is 0. The number of nitrogens with zero attached hydrogens (tertiary/aromatic N) is 2. The Bertz CT molecular complexity index is 737. The number of rotatable bonds is 4. The van der Waals surface area contributed by atoms with Crippen LogP contribution in [0, 0.1) is 6.92 Å². The maximum absolute atomic E-state index is 5.41. The quantitative estimate of drug-likeness (QED) is 0.507. The van der Waals surface area contributed by atoms with Gasteiger partial charge in [0.15, 0.2) is 0 Å². The van der Waals surface area contributed by atoms with Crippen molar-refractivity contribution in [3.05, 3.63) is 46.8 Å². The van der Waals surface area contributed by atoms with Crippen LogP contribution in [0.5, 0.6) is 0 Å². The number of benzene rings is 1. The van der Waals surface area contributed by atoms with E-state index in [9.17, 15) is 0 Å². The third-order valence-electron chi connectivity index (χ3n) is 3.16. The predicted octanol–water partition coefficient (Wildman–Crippen LogP) is 2.90. The smallest absolute Gasteiger partial charge is 0.240 e. The van der Waals surface area contributed by atoms with Gasteiger partial charge in [-0.2, -0.15) is 4.98 Å². The van der Waals surface area contributed by atoms with E-state index in [2.05, 4.69) is 39.8 Å². The topological polar surface area (TPSA) is 75.9 Å². The Kier molecular flexibility index (Phi) is 3.49. The molecule has 0 bridgehead atoms. The van der Waals surface area contributed by atoms with Crippen molar-refractivity contribution in [1.29, 1.82) is 0 Å². The number of hydrogen-bond acceptors (Lipinski definition) is 6. The lowest BCUT2D eigenvalue weighted by atomic mass is 10.1. The molecule has 102 valence electrons. The first-order chi connectivity index (χ1) is 9.78. The molecule has 0 aliphatic heterocycles. The normalized spacial score (nSPS) is 10.7. The number of thiophene rings is 1. The zero-order valence-corrected chi connectivity index (χ0v) is 11.9. The van der Waals surface area contributed by atoms with Crippen molar-refractivity contribution in [2.75, 3.05) is 10.7 Å². The van der Waals surface area contributed by atoms with Crippen molar-refractivity contribution in [1.82, 2.24) is 9.97 Å². The average Bonchev–Trinajstić information content (AvgIpc) is 2.94. The molecule has 0 aliphatic carbocycles. The largest absolute Gasteiger partial charge is 0.365 e. The molecule has 0 radical (unpaired) electrons. The van der Waals surface area contributed by atoms with Gasteiger partial charge in [-0.15, -0.1) is 11.3 Å². The van der Waals surface area contributed by atoms with Crippen LogP contribution in [0.1, 0.15) is 11.1 Å². The molecular formula is C14H15N5S. The van der Waals surface area contributed by atoms with E-state index >= 15 is 0 Å². The third-order valence-corrected chi connectivity index (χ3v) is 3.97. The Morgan fingerprint density at radius 2 is 2.05 bits per heavy atom. The summed E-state index contributed by atoms with van der Waals surface area (Å²) in [6, 6.07) is 10.3. The summed E-state index contributed by atoms with van der Waals surface area (Å²) in [5.41, 5.74) is 5.01. The van der Waals surface area contributed by atoms with Crippen LogP contribution >= 0.6 is 11.3 Å². The number of hydrogen-bond donors (Lipinski definition) is 3. The van der Waals surface area contributed by atoms with E-state index in [0.29, 0.717) is 5.95 Å². The van der Waals surface area contributed by atoms with Gasteiger partial charge in [0.25, 0.3) is 0 Å². The fraction of sp³-hybridized carbons (Fsp3) is 0.143. The highest BCUT2D eigenvalue weighted by atomic mass is 32.1. The van der Waals surface area contributed by atoms with E-state index in [0.717, 1.165) is 22.6 Å². The van der Waals surface area contributed by atoms with Crippen LogP contribution in [-0.2, 0) is 6.54 Å². The number of anilines is 2. The highest BCUT2D eigenvalue weighted by Crippen LogP contribution is 2.26. The summed E-state index contributed by atoms with van der Waals surface area (Å²) in [5.74, 6) is 6.63. The molecule has 0 spiro atoms. The minimum Gasteiger partial charge on any atom is -0.365 e. The summed E-state index contributed by atoms with van der Waals surface area (Å²) < 4.78 is 0. The zero-order valence-electron chi connectivity index (χ0n) is 11.1. The van der Waals surface area contributed by atoms with Crippen molar-refractivity contribution < 1.29 is 0 Å². The van der Waals surface area contributed by atoms with Crippen molar-refractivity contribution in [3.8, 4) is 0 Å². The number of nitrogens with two attached hydrogens (primary N) is 1. The molecule has 0 atom stereocenters. The van der Waals surface area contributed by atoms with Crippen LogP contribution in [0.3, 0.4) is 0 Å². The second-order valence-electron chi connectivity index (χ2n) is 4.46. The molecule has 0 amide bonds. The van der Waals surface area contributed by atoms with Gasteiger partial charge in [-0.3, -0.25) is 5.43 Å². The maximum atomic E-state index is 5.41. The Balaban J connectivity index is 1.90. The fourth-order valence-electron chi connectivity index (χ4n) is 2.04. The van der Waals surface area contributed by atoms with Gasteiger partial charge < -0.3 is 5.32 Å². The minimum atomic E-state index is 0.423. The van der Waals surface area contributed by atoms with Gasteiger partial charge in [-0.1, -0.05) is 24.3 Å². The van der Waals surface area contributed by atoms with Crippen LogP contribution in [0.4, 0.5) is 11.8 Å². The van der Waals surface area contributed by atoms with Crippen LogP contribution in [-0.4, -0.2) is 9.97 Å². The second-order valence-corrected chi connectivity index (χ2v) is 5.35. The molecule has 0 saturated heterocycles. The predicted molar refractivity (Wildman–Crippen MR) is 83.7 cm³/mol. The van der Waals surface area contributed by atoms with E-state index in [1.54, 1.807) is 11.3 Å². The first kappa shape index (κ1) is 12.8. The van der Waals surface area contributed by atoms with Gasteiger partial charge in [0, 0.05) is 6.54 Å². The standard InChI is InChI=1S/C14H15N5S/c1-9-4-2-3-5-10(9)8-16-12-11-6-7-20-13(11)18-14(17-12)19-15/h2-7H,8,15H2,1H3,(H2,16,17,18,19). The molecule has 0 aliphatic rings. The van der Waals surface area contributed by atoms with E-state index in [1.165, 1.54) is 11.1 Å². The Labute approximate surface area is 120 Å². The van der Waals surface area contributed by atoms with Crippen LogP contribution in [0.15, 0.2) is 35.7 Å². The maximum Gasteiger partial charge on any atom is 0.240 e. The molecule has 1 aromatic carbocycles. The fourth-order valence-corrected chi connectivity index (χ4v) is 2.81. The third kappa shape index (κ3) is 2.43. The van der Waals surface area contributed by atoms with Crippen molar-refractivity contribution >= 4 is 33.3 Å². The molecule has 2 aromatic heterocycles. The second kappa shape index (κ2) is 5.44. The van der Waals surface area contributed by atoms with Crippen LogP contribution in [0.25, 0.3) is 10.2 Å². The van der Waals surface area contributed by atoms with Gasteiger partial charge in [-0.25, -0.2) is 10.8 Å². The average molecular weight is 285 g/mol. The molecule has 5 nitrogen and oxygen atoms in total. The van der Waals surface area contributed by atoms with Gasteiger partial charge >= 0.3 is 0 Å². The lowest BCUT2D eigenvalue weighted by Gasteiger charge is -2.10. The molecule has 0 saturated carbocycles. The first-order valence-corrected chi connectivity index (χ1v) is 7.16. The van der Waals surface area contributed by atoms with Gasteiger partial charge in [0.05, 0.1) is 5.39 Å². The molecule has 3 aromatic rings. The number of hydrazine groups is 1. The van der Waals surface area contributed by atoms with E-state index in [4.69, 9.17) is 5.84 Å². The zero-order chi connectivity index (χ0) is 13.9. The molecule has 0 fully saturated rings. The van der Waals surface area contributed by atoms with E-state index in [1.807, 2.05) is 23.6 Å². The lowest BCUT2D eigenvalue weighted by Crippen LogP contribution is -2.12. The number of aryl methyl sites for hydroxylation is 1. The van der Waals surface area contributed by atoms with Crippen LogP contribution < -0.4 is 16.6 Å². The first-order valence-electron chi connectivity index (χ1n) is 6.28.